The van der Waals surface area contributed by atoms with E-state index in [2.05, 4.69) is 21.5 Å². The largest absolute Gasteiger partial charge is 0.396 e. The first-order valence-corrected chi connectivity index (χ1v) is 7.15. The van der Waals surface area contributed by atoms with E-state index in [0.717, 1.165) is 19.4 Å². The average molecular weight is 249 g/mol. The van der Waals surface area contributed by atoms with Crippen LogP contribution in [0.25, 0.3) is 0 Å². The third kappa shape index (κ3) is 2.08. The quantitative estimate of drug-likeness (QED) is 0.865. The van der Waals surface area contributed by atoms with Crippen molar-refractivity contribution in [1.29, 1.82) is 0 Å². The molecule has 1 fully saturated rings. The molecule has 0 aromatic carbocycles. The van der Waals surface area contributed by atoms with Crippen molar-refractivity contribution < 1.29 is 5.11 Å². The molecule has 1 aromatic heterocycles. The van der Waals surface area contributed by atoms with Gasteiger partial charge in [0.1, 0.15) is 5.82 Å². The molecule has 4 heteroatoms. The van der Waals surface area contributed by atoms with Gasteiger partial charge in [0.15, 0.2) is 0 Å². The maximum absolute atomic E-state index is 9.28. The molecule has 0 radical (unpaired) electrons. The van der Waals surface area contributed by atoms with E-state index in [-0.39, 0.29) is 0 Å². The fraction of sp³-hybridized carbons (Fsp3) is 0.786. The van der Waals surface area contributed by atoms with Crippen LogP contribution in [0.3, 0.4) is 0 Å². The Morgan fingerprint density at radius 3 is 3.00 bits per heavy atom. The van der Waals surface area contributed by atoms with Crippen molar-refractivity contribution in [2.75, 3.05) is 20.2 Å². The summed E-state index contributed by atoms with van der Waals surface area (Å²) in [5.74, 6) is 1.69. The number of hydrogen-bond acceptors (Lipinski definition) is 3. The number of fused-ring (bicyclic) bond motifs is 1. The molecular formula is C14H23N3O. The normalized spacial score (nSPS) is 29.2. The van der Waals surface area contributed by atoms with Gasteiger partial charge in [-0.25, -0.2) is 4.98 Å². The zero-order valence-electron chi connectivity index (χ0n) is 11.2. The summed E-state index contributed by atoms with van der Waals surface area (Å²) in [6.45, 7) is 2.52. The van der Waals surface area contributed by atoms with E-state index in [1.54, 1.807) is 0 Å². The van der Waals surface area contributed by atoms with Crippen LogP contribution in [0.5, 0.6) is 0 Å². The van der Waals surface area contributed by atoms with Gasteiger partial charge in [-0.3, -0.25) is 4.90 Å². The van der Waals surface area contributed by atoms with E-state index in [9.17, 15) is 5.11 Å². The van der Waals surface area contributed by atoms with Gasteiger partial charge in [0.2, 0.25) is 0 Å². The Balaban J connectivity index is 1.84. The van der Waals surface area contributed by atoms with Crippen molar-refractivity contribution in [2.45, 2.75) is 44.7 Å². The smallest absolute Gasteiger partial charge is 0.126 e. The van der Waals surface area contributed by atoms with E-state index in [0.29, 0.717) is 18.6 Å². The Hall–Kier alpha value is -0.870. The van der Waals surface area contributed by atoms with E-state index >= 15 is 0 Å². The Kier molecular flexibility index (Phi) is 3.39. The minimum atomic E-state index is 0.309. The van der Waals surface area contributed by atoms with Gasteiger partial charge in [-0.15, -0.1) is 0 Å². The highest BCUT2D eigenvalue weighted by molar-refractivity contribution is 5.12. The molecule has 2 atom stereocenters. The summed E-state index contributed by atoms with van der Waals surface area (Å²) in [4.78, 5) is 7.12. The lowest BCUT2D eigenvalue weighted by Crippen LogP contribution is -2.33. The van der Waals surface area contributed by atoms with Gasteiger partial charge in [0.05, 0.1) is 6.04 Å². The highest BCUT2D eigenvalue weighted by atomic mass is 16.3. The predicted molar refractivity (Wildman–Crippen MR) is 70.3 cm³/mol. The molecule has 1 aromatic rings. The molecule has 4 nitrogen and oxygen atoms in total. The standard InChI is InChI=1S/C14H23N3O/c1-16-6-3-2-4-13(16)14-15-9-12-8-11(10-18)5-7-17(12)14/h9,11,13,18H,2-8,10H2,1H3. The fourth-order valence-corrected chi connectivity index (χ4v) is 3.38. The van der Waals surface area contributed by atoms with Crippen molar-refractivity contribution in [2.24, 2.45) is 5.92 Å². The zero-order valence-corrected chi connectivity index (χ0v) is 11.2. The first kappa shape index (κ1) is 12.2. The molecule has 2 aliphatic rings. The molecule has 2 aliphatic heterocycles. The first-order chi connectivity index (χ1) is 8.79. The van der Waals surface area contributed by atoms with Crippen LogP contribution in [0.4, 0.5) is 0 Å². The molecule has 2 unspecified atom stereocenters. The van der Waals surface area contributed by atoms with Gasteiger partial charge in [-0.2, -0.15) is 0 Å². The summed E-state index contributed by atoms with van der Waals surface area (Å²) in [6.07, 6.45) is 7.96. The maximum Gasteiger partial charge on any atom is 0.126 e. The first-order valence-electron chi connectivity index (χ1n) is 7.15. The fourth-order valence-electron chi connectivity index (χ4n) is 3.38. The van der Waals surface area contributed by atoms with Gasteiger partial charge in [0, 0.05) is 25.0 Å². The van der Waals surface area contributed by atoms with Crippen molar-refractivity contribution in [3.8, 4) is 0 Å². The van der Waals surface area contributed by atoms with Crippen LogP contribution < -0.4 is 0 Å². The van der Waals surface area contributed by atoms with Crippen molar-refractivity contribution >= 4 is 0 Å². The molecule has 3 heterocycles. The molecule has 0 bridgehead atoms. The van der Waals surface area contributed by atoms with E-state index < -0.39 is 0 Å². The van der Waals surface area contributed by atoms with Crippen molar-refractivity contribution in [3.63, 3.8) is 0 Å². The molecule has 1 N–H and O–H groups in total. The van der Waals surface area contributed by atoms with Crippen LogP contribution in [-0.4, -0.2) is 39.8 Å². The number of aromatic nitrogens is 2. The van der Waals surface area contributed by atoms with Crippen LogP contribution in [0.15, 0.2) is 6.20 Å². The van der Waals surface area contributed by atoms with E-state index in [4.69, 9.17) is 0 Å². The summed E-state index contributed by atoms with van der Waals surface area (Å²) in [6, 6.07) is 0.498. The van der Waals surface area contributed by atoms with Crippen LogP contribution in [-0.2, 0) is 13.0 Å². The van der Waals surface area contributed by atoms with Crippen molar-refractivity contribution in [1.82, 2.24) is 14.5 Å². The predicted octanol–water partition coefficient (Wildman–Crippen LogP) is 1.59. The molecule has 100 valence electrons. The van der Waals surface area contributed by atoms with E-state index in [1.807, 2.05) is 6.20 Å². The number of imidazole rings is 1. The van der Waals surface area contributed by atoms with Gasteiger partial charge in [0.25, 0.3) is 0 Å². The Labute approximate surface area is 109 Å². The van der Waals surface area contributed by atoms with Gasteiger partial charge in [-0.05, 0) is 45.2 Å². The molecular weight excluding hydrogens is 226 g/mol. The average Bonchev–Trinajstić information content (AvgIpc) is 2.82. The second-order valence-electron chi connectivity index (χ2n) is 5.79. The topological polar surface area (TPSA) is 41.3 Å². The summed E-state index contributed by atoms with van der Waals surface area (Å²) < 4.78 is 2.40. The van der Waals surface area contributed by atoms with Crippen LogP contribution >= 0.6 is 0 Å². The van der Waals surface area contributed by atoms with Gasteiger partial charge in [-0.1, -0.05) is 6.42 Å². The highest BCUT2D eigenvalue weighted by Gasteiger charge is 2.28. The summed E-state index contributed by atoms with van der Waals surface area (Å²) >= 11 is 0. The molecule has 0 spiro atoms. The minimum Gasteiger partial charge on any atom is -0.396 e. The number of aliphatic hydroxyl groups excluding tert-OH is 1. The number of hydrogen-bond donors (Lipinski definition) is 1. The third-order valence-electron chi connectivity index (χ3n) is 4.55. The molecule has 18 heavy (non-hydrogen) atoms. The lowest BCUT2D eigenvalue weighted by atomic mass is 9.96. The number of aliphatic hydroxyl groups is 1. The van der Waals surface area contributed by atoms with Crippen molar-refractivity contribution in [3.05, 3.63) is 17.7 Å². The number of likely N-dealkylation sites (tertiary alicyclic amines) is 1. The highest BCUT2D eigenvalue weighted by Crippen LogP contribution is 2.31. The SMILES string of the molecule is CN1CCCCC1c1ncc2n1CCC(CO)C2. The van der Waals surface area contributed by atoms with Gasteiger partial charge >= 0.3 is 0 Å². The second kappa shape index (κ2) is 5.02. The minimum absolute atomic E-state index is 0.309. The summed E-state index contributed by atoms with van der Waals surface area (Å²) in [7, 11) is 2.21. The molecule has 0 saturated carbocycles. The molecule has 0 amide bonds. The molecule has 3 rings (SSSR count). The van der Waals surface area contributed by atoms with Gasteiger partial charge < -0.3 is 9.67 Å². The monoisotopic (exact) mass is 249 g/mol. The van der Waals surface area contributed by atoms with Crippen LogP contribution in [0.2, 0.25) is 0 Å². The van der Waals surface area contributed by atoms with Crippen LogP contribution in [0, 0.1) is 5.92 Å². The van der Waals surface area contributed by atoms with E-state index in [1.165, 1.54) is 37.3 Å². The Morgan fingerprint density at radius 2 is 2.22 bits per heavy atom. The molecule has 1 saturated heterocycles. The lowest BCUT2D eigenvalue weighted by Gasteiger charge is -2.33. The second-order valence-corrected chi connectivity index (χ2v) is 5.79. The molecule has 0 aliphatic carbocycles. The lowest BCUT2D eigenvalue weighted by molar-refractivity contribution is 0.167. The number of piperidine rings is 1. The summed E-state index contributed by atoms with van der Waals surface area (Å²) in [5, 5.41) is 9.28. The zero-order chi connectivity index (χ0) is 12.5. The maximum atomic E-state index is 9.28. The number of nitrogens with zero attached hydrogens (tertiary/aromatic N) is 3. The Bertz CT molecular complexity index is 415. The van der Waals surface area contributed by atoms with Crippen LogP contribution in [0.1, 0.15) is 43.2 Å². The summed E-state index contributed by atoms with van der Waals surface area (Å²) in [5.41, 5.74) is 1.31. The Morgan fingerprint density at radius 1 is 1.33 bits per heavy atom. The number of rotatable bonds is 2. The third-order valence-corrected chi connectivity index (χ3v) is 4.55.